The average molecular weight is 270 g/mol. The summed E-state index contributed by atoms with van der Waals surface area (Å²) in [6.45, 7) is 4.17. The molecule has 2 aromatic rings. The van der Waals surface area contributed by atoms with Crippen LogP contribution in [0.5, 0.6) is 0 Å². The third kappa shape index (κ3) is 2.95. The van der Waals surface area contributed by atoms with Crippen LogP contribution in [-0.4, -0.2) is 48.5 Å². The lowest BCUT2D eigenvalue weighted by Gasteiger charge is -2.26. The van der Waals surface area contributed by atoms with Crippen LogP contribution in [0.15, 0.2) is 36.5 Å². The topological polar surface area (TPSA) is 57.3 Å². The van der Waals surface area contributed by atoms with E-state index in [-0.39, 0.29) is 5.91 Å². The van der Waals surface area contributed by atoms with Crippen LogP contribution < -0.4 is 10.6 Å². The van der Waals surface area contributed by atoms with Crippen LogP contribution in [0.1, 0.15) is 0 Å². The van der Waals surface area contributed by atoms with E-state index in [2.05, 4.69) is 20.5 Å². The summed E-state index contributed by atoms with van der Waals surface area (Å²) < 4.78 is 0. The first-order valence-electron chi connectivity index (χ1n) is 6.89. The van der Waals surface area contributed by atoms with Crippen LogP contribution in [0.25, 0.3) is 10.9 Å². The Kier molecular flexibility index (Phi) is 3.90. The number of amides is 1. The van der Waals surface area contributed by atoms with Crippen molar-refractivity contribution in [3.63, 3.8) is 0 Å². The lowest BCUT2D eigenvalue weighted by Crippen LogP contribution is -2.46. The van der Waals surface area contributed by atoms with Crippen molar-refractivity contribution in [2.24, 2.45) is 0 Å². The molecule has 0 radical (unpaired) electrons. The molecule has 1 aromatic carbocycles. The molecule has 3 rings (SSSR count). The largest absolute Gasteiger partial charge is 0.323 e. The predicted octanol–water partition coefficient (Wildman–Crippen LogP) is 1.08. The van der Waals surface area contributed by atoms with Gasteiger partial charge < -0.3 is 10.6 Å². The first-order chi connectivity index (χ1) is 9.83. The number of carbonyl (C=O) groups excluding carboxylic acids is 1. The minimum Gasteiger partial charge on any atom is -0.323 e. The monoisotopic (exact) mass is 270 g/mol. The fourth-order valence-electron chi connectivity index (χ4n) is 2.47. The lowest BCUT2D eigenvalue weighted by molar-refractivity contribution is -0.117. The van der Waals surface area contributed by atoms with Gasteiger partial charge in [0, 0.05) is 37.8 Å². The molecule has 5 nitrogen and oxygen atoms in total. The van der Waals surface area contributed by atoms with E-state index in [9.17, 15) is 4.79 Å². The van der Waals surface area contributed by atoms with Crippen molar-refractivity contribution in [3.05, 3.63) is 36.5 Å². The normalized spacial score (nSPS) is 16.2. The van der Waals surface area contributed by atoms with Gasteiger partial charge in [0.2, 0.25) is 5.91 Å². The van der Waals surface area contributed by atoms with Crippen LogP contribution in [0.3, 0.4) is 0 Å². The molecule has 1 fully saturated rings. The zero-order valence-electron chi connectivity index (χ0n) is 11.3. The highest BCUT2D eigenvalue weighted by Gasteiger charge is 2.14. The van der Waals surface area contributed by atoms with E-state index >= 15 is 0 Å². The van der Waals surface area contributed by atoms with Crippen molar-refractivity contribution in [3.8, 4) is 0 Å². The standard InChI is InChI=1S/C15H18N4O/c20-14(11-19-9-7-16-8-10-19)18-13-5-1-3-12-4-2-6-17-15(12)13/h1-6,16H,7-11H2,(H,18,20). The molecule has 0 saturated carbocycles. The Morgan fingerprint density at radius 1 is 1.25 bits per heavy atom. The van der Waals surface area contributed by atoms with Crippen LogP contribution in [0.2, 0.25) is 0 Å². The molecule has 1 amide bonds. The minimum atomic E-state index is 0.0186. The van der Waals surface area contributed by atoms with Gasteiger partial charge in [0.1, 0.15) is 0 Å². The first kappa shape index (κ1) is 13.0. The number of benzene rings is 1. The average Bonchev–Trinajstić information content (AvgIpc) is 2.48. The molecule has 1 aliphatic rings. The molecule has 0 bridgehead atoms. The number of rotatable bonds is 3. The summed E-state index contributed by atoms with van der Waals surface area (Å²) >= 11 is 0. The van der Waals surface area contributed by atoms with E-state index in [0.29, 0.717) is 6.54 Å². The van der Waals surface area contributed by atoms with Crippen molar-refractivity contribution < 1.29 is 4.79 Å². The number of aromatic nitrogens is 1. The molecule has 2 heterocycles. The van der Waals surface area contributed by atoms with E-state index in [0.717, 1.165) is 42.8 Å². The Labute approximate surface area is 118 Å². The second-order valence-electron chi connectivity index (χ2n) is 4.96. The Hall–Kier alpha value is -1.98. The molecule has 0 aliphatic carbocycles. The molecule has 1 saturated heterocycles. The zero-order chi connectivity index (χ0) is 13.8. The SMILES string of the molecule is O=C(CN1CCNCC1)Nc1cccc2cccnc12. The molecule has 1 aromatic heterocycles. The number of nitrogens with one attached hydrogen (secondary N) is 2. The van der Waals surface area contributed by atoms with E-state index in [1.807, 2.05) is 30.3 Å². The number of anilines is 1. The smallest absolute Gasteiger partial charge is 0.238 e. The van der Waals surface area contributed by atoms with Crippen molar-refractivity contribution in [2.75, 3.05) is 38.0 Å². The maximum atomic E-state index is 12.1. The van der Waals surface area contributed by atoms with Gasteiger partial charge in [0.05, 0.1) is 17.7 Å². The predicted molar refractivity (Wildman–Crippen MR) is 79.7 cm³/mol. The van der Waals surface area contributed by atoms with Gasteiger partial charge in [-0.15, -0.1) is 0 Å². The van der Waals surface area contributed by atoms with E-state index < -0.39 is 0 Å². The number of para-hydroxylation sites is 1. The fourth-order valence-corrected chi connectivity index (χ4v) is 2.47. The van der Waals surface area contributed by atoms with Gasteiger partial charge in [-0.05, 0) is 12.1 Å². The molecular formula is C15H18N4O. The van der Waals surface area contributed by atoms with Gasteiger partial charge in [0.15, 0.2) is 0 Å². The van der Waals surface area contributed by atoms with Gasteiger partial charge in [-0.25, -0.2) is 0 Å². The van der Waals surface area contributed by atoms with E-state index in [1.54, 1.807) is 6.20 Å². The molecular weight excluding hydrogens is 252 g/mol. The first-order valence-corrected chi connectivity index (χ1v) is 6.89. The van der Waals surface area contributed by atoms with Crippen molar-refractivity contribution in [2.45, 2.75) is 0 Å². The molecule has 5 heteroatoms. The van der Waals surface area contributed by atoms with E-state index in [4.69, 9.17) is 0 Å². The summed E-state index contributed by atoms with van der Waals surface area (Å²) in [5.41, 5.74) is 1.62. The van der Waals surface area contributed by atoms with Crippen molar-refractivity contribution in [1.82, 2.24) is 15.2 Å². The number of pyridine rings is 1. The highest BCUT2D eigenvalue weighted by Crippen LogP contribution is 2.20. The summed E-state index contributed by atoms with van der Waals surface area (Å²) in [4.78, 5) is 18.6. The van der Waals surface area contributed by atoms with Crippen LogP contribution in [-0.2, 0) is 4.79 Å². The summed E-state index contributed by atoms with van der Waals surface area (Å²) in [7, 11) is 0. The fraction of sp³-hybridized carbons (Fsp3) is 0.333. The van der Waals surface area contributed by atoms with Gasteiger partial charge >= 0.3 is 0 Å². The lowest BCUT2D eigenvalue weighted by atomic mass is 10.2. The molecule has 20 heavy (non-hydrogen) atoms. The number of hydrogen-bond donors (Lipinski definition) is 2. The molecule has 2 N–H and O–H groups in total. The second-order valence-corrected chi connectivity index (χ2v) is 4.96. The third-order valence-electron chi connectivity index (χ3n) is 3.48. The number of hydrogen-bond acceptors (Lipinski definition) is 4. The minimum absolute atomic E-state index is 0.0186. The number of fused-ring (bicyclic) bond motifs is 1. The van der Waals surface area contributed by atoms with Crippen molar-refractivity contribution >= 4 is 22.5 Å². The Morgan fingerprint density at radius 2 is 2.05 bits per heavy atom. The van der Waals surface area contributed by atoms with Gasteiger partial charge in [-0.3, -0.25) is 14.7 Å². The highest BCUT2D eigenvalue weighted by atomic mass is 16.2. The molecule has 1 aliphatic heterocycles. The molecule has 0 atom stereocenters. The Morgan fingerprint density at radius 3 is 2.90 bits per heavy atom. The number of nitrogens with zero attached hydrogens (tertiary/aromatic N) is 2. The highest BCUT2D eigenvalue weighted by molar-refractivity contribution is 6.00. The van der Waals surface area contributed by atoms with Crippen LogP contribution in [0, 0.1) is 0 Å². The van der Waals surface area contributed by atoms with E-state index in [1.165, 1.54) is 0 Å². The summed E-state index contributed by atoms with van der Waals surface area (Å²) in [5, 5.41) is 7.28. The van der Waals surface area contributed by atoms with Crippen LogP contribution in [0.4, 0.5) is 5.69 Å². The summed E-state index contributed by atoms with van der Waals surface area (Å²) in [6, 6.07) is 9.71. The number of carbonyl (C=O) groups is 1. The summed E-state index contributed by atoms with van der Waals surface area (Å²) in [6.07, 6.45) is 1.74. The maximum Gasteiger partial charge on any atom is 0.238 e. The van der Waals surface area contributed by atoms with Gasteiger partial charge in [-0.2, -0.15) is 0 Å². The van der Waals surface area contributed by atoms with Gasteiger partial charge in [-0.1, -0.05) is 18.2 Å². The Bertz CT molecular complexity index is 602. The molecule has 0 spiro atoms. The number of piperazine rings is 1. The summed E-state index contributed by atoms with van der Waals surface area (Å²) in [5.74, 6) is 0.0186. The maximum absolute atomic E-state index is 12.1. The second kappa shape index (κ2) is 5.98. The third-order valence-corrected chi connectivity index (χ3v) is 3.48. The zero-order valence-corrected chi connectivity index (χ0v) is 11.3. The van der Waals surface area contributed by atoms with Crippen molar-refractivity contribution in [1.29, 1.82) is 0 Å². The quantitative estimate of drug-likeness (QED) is 0.876. The molecule has 104 valence electrons. The molecule has 0 unspecified atom stereocenters. The van der Waals surface area contributed by atoms with Gasteiger partial charge in [0.25, 0.3) is 0 Å². The Balaban J connectivity index is 1.71. The van der Waals surface area contributed by atoms with Crippen LogP contribution >= 0.6 is 0 Å².